The molecule has 3 rings (SSSR count). The number of nitrogens with one attached hydrogen (secondary N) is 2. The van der Waals surface area contributed by atoms with Crippen LogP contribution < -0.4 is 15.4 Å². The fourth-order valence-corrected chi connectivity index (χ4v) is 2.80. The molecule has 0 spiro atoms. The number of carbonyl (C=O) groups is 1. The highest BCUT2D eigenvalue weighted by atomic mass is 16.5. The fourth-order valence-electron chi connectivity index (χ4n) is 2.80. The van der Waals surface area contributed by atoms with E-state index in [9.17, 15) is 4.79 Å². The van der Waals surface area contributed by atoms with Crippen LogP contribution in [0.2, 0.25) is 0 Å². The van der Waals surface area contributed by atoms with Gasteiger partial charge in [-0.25, -0.2) is 9.97 Å². The van der Waals surface area contributed by atoms with E-state index in [0.717, 1.165) is 17.7 Å². The molecule has 3 aromatic rings. The Morgan fingerprint density at radius 1 is 1.07 bits per heavy atom. The Bertz CT molecular complexity index is 898. The van der Waals surface area contributed by atoms with Crippen molar-refractivity contribution in [1.82, 2.24) is 15.3 Å². The van der Waals surface area contributed by atoms with Gasteiger partial charge in [0.2, 0.25) is 0 Å². The number of methoxy groups -OCH3 is 1. The van der Waals surface area contributed by atoms with Crippen molar-refractivity contribution in [2.45, 2.75) is 19.4 Å². The average Bonchev–Trinajstić information content (AvgIpc) is 2.75. The van der Waals surface area contributed by atoms with E-state index >= 15 is 0 Å². The Labute approximate surface area is 165 Å². The molecule has 1 atom stereocenters. The lowest BCUT2D eigenvalue weighted by atomic mass is 10.1. The van der Waals surface area contributed by atoms with Crippen molar-refractivity contribution >= 4 is 11.7 Å². The summed E-state index contributed by atoms with van der Waals surface area (Å²) in [6.45, 7) is 2.65. The van der Waals surface area contributed by atoms with Crippen LogP contribution in [0.5, 0.6) is 5.75 Å². The summed E-state index contributed by atoms with van der Waals surface area (Å²) in [6.07, 6.45) is 2.23. The van der Waals surface area contributed by atoms with Crippen molar-refractivity contribution in [1.29, 1.82) is 0 Å². The van der Waals surface area contributed by atoms with E-state index in [1.54, 1.807) is 13.2 Å². The maximum Gasteiger partial charge on any atom is 0.270 e. The highest BCUT2D eigenvalue weighted by Gasteiger charge is 2.13. The Morgan fingerprint density at radius 2 is 1.82 bits per heavy atom. The van der Waals surface area contributed by atoms with E-state index in [4.69, 9.17) is 4.74 Å². The summed E-state index contributed by atoms with van der Waals surface area (Å²) in [6, 6.07) is 19.3. The number of ether oxygens (including phenoxy) is 1. The number of hydrogen-bond donors (Lipinski definition) is 2. The molecule has 0 bridgehead atoms. The number of aromatic nitrogens is 2. The normalized spacial score (nSPS) is 11.5. The minimum Gasteiger partial charge on any atom is -0.497 e. The molecular formula is C22H24N4O2. The van der Waals surface area contributed by atoms with Crippen LogP contribution in [0.1, 0.15) is 34.6 Å². The summed E-state index contributed by atoms with van der Waals surface area (Å²) in [5.41, 5.74) is 2.57. The summed E-state index contributed by atoms with van der Waals surface area (Å²) in [4.78, 5) is 20.8. The Balaban J connectivity index is 1.54. The summed E-state index contributed by atoms with van der Waals surface area (Å²) < 4.78 is 5.16. The van der Waals surface area contributed by atoms with E-state index in [1.807, 2.05) is 61.5 Å². The summed E-state index contributed by atoms with van der Waals surface area (Å²) >= 11 is 0. The van der Waals surface area contributed by atoms with Crippen LogP contribution in [0.15, 0.2) is 67.0 Å². The number of anilines is 1. The molecule has 28 heavy (non-hydrogen) atoms. The second-order valence-electron chi connectivity index (χ2n) is 6.42. The van der Waals surface area contributed by atoms with Crippen LogP contribution in [-0.2, 0) is 6.42 Å². The Hall–Kier alpha value is -3.41. The largest absolute Gasteiger partial charge is 0.497 e. The van der Waals surface area contributed by atoms with Crippen LogP contribution in [0.3, 0.4) is 0 Å². The lowest BCUT2D eigenvalue weighted by molar-refractivity contribution is 0.0934. The first-order valence-corrected chi connectivity index (χ1v) is 9.20. The highest BCUT2D eigenvalue weighted by Crippen LogP contribution is 2.14. The smallest absolute Gasteiger partial charge is 0.270 e. The van der Waals surface area contributed by atoms with Crippen LogP contribution in [0.25, 0.3) is 0 Å². The lowest BCUT2D eigenvalue weighted by Crippen LogP contribution is -2.27. The van der Waals surface area contributed by atoms with Crippen molar-refractivity contribution in [3.8, 4) is 5.75 Å². The molecule has 0 aliphatic rings. The van der Waals surface area contributed by atoms with Gasteiger partial charge in [0, 0.05) is 12.6 Å². The summed E-state index contributed by atoms with van der Waals surface area (Å²) in [5.74, 6) is 1.24. The van der Waals surface area contributed by atoms with Gasteiger partial charge >= 0.3 is 0 Å². The van der Waals surface area contributed by atoms with Crippen molar-refractivity contribution < 1.29 is 9.53 Å². The average molecular weight is 376 g/mol. The molecule has 1 unspecified atom stereocenters. The quantitative estimate of drug-likeness (QED) is 0.628. The molecule has 1 amide bonds. The van der Waals surface area contributed by atoms with Gasteiger partial charge in [-0.2, -0.15) is 0 Å². The van der Waals surface area contributed by atoms with Gasteiger partial charge in [0.15, 0.2) is 0 Å². The van der Waals surface area contributed by atoms with Gasteiger partial charge in [-0.05, 0) is 36.6 Å². The zero-order valence-corrected chi connectivity index (χ0v) is 16.1. The molecule has 1 aromatic heterocycles. The molecule has 0 saturated carbocycles. The number of hydrogen-bond acceptors (Lipinski definition) is 5. The molecule has 6 nitrogen and oxygen atoms in total. The van der Waals surface area contributed by atoms with E-state index < -0.39 is 0 Å². The number of nitrogens with zero attached hydrogens (tertiary/aromatic N) is 2. The van der Waals surface area contributed by atoms with Gasteiger partial charge in [-0.15, -0.1) is 0 Å². The first kappa shape index (κ1) is 19.4. The van der Waals surface area contributed by atoms with E-state index in [1.165, 1.54) is 11.9 Å². The topological polar surface area (TPSA) is 76.1 Å². The predicted molar refractivity (Wildman–Crippen MR) is 110 cm³/mol. The van der Waals surface area contributed by atoms with E-state index in [0.29, 0.717) is 18.1 Å². The molecule has 2 N–H and O–H groups in total. The van der Waals surface area contributed by atoms with Crippen LogP contribution >= 0.6 is 0 Å². The van der Waals surface area contributed by atoms with Gasteiger partial charge in [-0.1, -0.05) is 42.5 Å². The van der Waals surface area contributed by atoms with Gasteiger partial charge in [0.1, 0.15) is 23.6 Å². The van der Waals surface area contributed by atoms with Crippen LogP contribution in [0, 0.1) is 0 Å². The molecule has 2 aromatic carbocycles. The number of rotatable bonds is 8. The summed E-state index contributed by atoms with van der Waals surface area (Å²) in [7, 11) is 1.65. The third-order valence-electron chi connectivity index (χ3n) is 4.43. The number of amides is 1. The predicted octanol–water partition coefficient (Wildman–Crippen LogP) is 3.63. The Morgan fingerprint density at radius 3 is 2.54 bits per heavy atom. The third kappa shape index (κ3) is 5.30. The summed E-state index contributed by atoms with van der Waals surface area (Å²) in [5, 5.41) is 6.20. The van der Waals surface area contributed by atoms with Crippen LogP contribution in [0.4, 0.5) is 5.82 Å². The molecule has 0 aliphatic carbocycles. The monoisotopic (exact) mass is 376 g/mol. The molecule has 0 aliphatic heterocycles. The van der Waals surface area contributed by atoms with Crippen molar-refractivity contribution in [3.63, 3.8) is 0 Å². The molecular weight excluding hydrogens is 352 g/mol. The van der Waals surface area contributed by atoms with Gasteiger partial charge in [0.25, 0.3) is 5.91 Å². The maximum atomic E-state index is 12.5. The second-order valence-corrected chi connectivity index (χ2v) is 6.42. The minimum absolute atomic E-state index is 0.102. The molecule has 0 fully saturated rings. The second kappa shape index (κ2) is 9.50. The molecule has 144 valence electrons. The van der Waals surface area contributed by atoms with Crippen molar-refractivity contribution in [3.05, 3.63) is 83.8 Å². The third-order valence-corrected chi connectivity index (χ3v) is 4.43. The standard InChI is InChI=1S/C22H24N4O2/c1-16(18-6-4-3-5-7-18)26-22(27)20-14-21(25-15-24-20)23-13-12-17-8-10-19(28-2)11-9-17/h3-11,14-16H,12-13H2,1-2H3,(H,26,27)(H,23,24,25). The van der Waals surface area contributed by atoms with E-state index in [-0.39, 0.29) is 11.9 Å². The molecule has 6 heteroatoms. The number of benzene rings is 2. The zero-order valence-electron chi connectivity index (χ0n) is 16.1. The maximum absolute atomic E-state index is 12.5. The van der Waals surface area contributed by atoms with Crippen molar-refractivity contribution in [2.75, 3.05) is 19.0 Å². The SMILES string of the molecule is COc1ccc(CCNc2cc(C(=O)NC(C)c3ccccc3)ncn2)cc1. The molecule has 1 heterocycles. The first-order valence-electron chi connectivity index (χ1n) is 9.20. The minimum atomic E-state index is -0.225. The zero-order chi connectivity index (χ0) is 19.8. The first-order chi connectivity index (χ1) is 13.7. The molecule has 0 radical (unpaired) electrons. The number of carbonyl (C=O) groups excluding carboxylic acids is 1. The van der Waals surface area contributed by atoms with Crippen molar-refractivity contribution in [2.24, 2.45) is 0 Å². The van der Waals surface area contributed by atoms with Crippen LogP contribution in [-0.4, -0.2) is 29.5 Å². The van der Waals surface area contributed by atoms with Gasteiger partial charge < -0.3 is 15.4 Å². The van der Waals surface area contributed by atoms with Gasteiger partial charge in [-0.3, -0.25) is 4.79 Å². The van der Waals surface area contributed by atoms with Gasteiger partial charge in [0.05, 0.1) is 13.2 Å². The Kier molecular flexibility index (Phi) is 6.57. The fraction of sp³-hybridized carbons (Fsp3) is 0.227. The highest BCUT2D eigenvalue weighted by molar-refractivity contribution is 5.93. The molecule has 0 saturated heterocycles. The lowest BCUT2D eigenvalue weighted by Gasteiger charge is -2.14. The van der Waals surface area contributed by atoms with E-state index in [2.05, 4.69) is 20.6 Å².